The second-order valence-electron chi connectivity index (χ2n) is 3.56. The van der Waals surface area contributed by atoms with Crippen molar-refractivity contribution in [1.82, 2.24) is 0 Å². The van der Waals surface area contributed by atoms with Gasteiger partial charge in [-0.25, -0.2) is 0 Å². The van der Waals surface area contributed by atoms with Crippen LogP contribution >= 0.6 is 0 Å². The van der Waals surface area contributed by atoms with Crippen LogP contribution in [-0.2, 0) is 4.79 Å². The number of aliphatic carboxylic acids is 1. The predicted octanol–water partition coefficient (Wildman–Crippen LogP) is 1.84. The fourth-order valence-corrected chi connectivity index (χ4v) is 3.58. The molecule has 0 aliphatic heterocycles. The number of carboxylic acids is 1. The van der Waals surface area contributed by atoms with Gasteiger partial charge in [-0.3, -0.25) is 0 Å². The summed E-state index contributed by atoms with van der Waals surface area (Å²) in [6, 6.07) is 19.2. The zero-order valence-electron chi connectivity index (χ0n) is 9.11. The Labute approximate surface area is 106 Å². The summed E-state index contributed by atoms with van der Waals surface area (Å²) in [4.78, 5) is 10.9. The van der Waals surface area contributed by atoms with Crippen LogP contribution in [0.25, 0.3) is 0 Å². The molecule has 0 saturated heterocycles. The molecule has 1 N–H and O–H groups in total. The van der Waals surface area contributed by atoms with E-state index < -0.39 is 10.8 Å². The van der Waals surface area contributed by atoms with E-state index in [9.17, 15) is 9.90 Å². The zero-order chi connectivity index (χ0) is 12.1. The van der Waals surface area contributed by atoms with Crippen LogP contribution in [0.2, 0.25) is 0 Å². The second kappa shape index (κ2) is 5.67. The van der Waals surface area contributed by atoms with E-state index in [1.54, 1.807) is 0 Å². The Morgan fingerprint density at radius 2 is 1.47 bits per heavy atom. The molecule has 2 nitrogen and oxygen atoms in total. The first kappa shape index (κ1) is 11.9. The molecule has 2 aromatic carbocycles. The van der Waals surface area contributed by atoms with Crippen LogP contribution in [0.15, 0.2) is 60.7 Å². The minimum atomic E-state index is -0.750. The van der Waals surface area contributed by atoms with Crippen molar-refractivity contribution < 1.29 is 9.90 Å². The fraction of sp³-hybridized carbons (Fsp3) is 0.0714. The van der Waals surface area contributed by atoms with Crippen molar-refractivity contribution in [3.63, 3.8) is 0 Å². The normalized spacial score (nSPS) is 12.0. The van der Waals surface area contributed by atoms with Crippen LogP contribution in [0.4, 0.5) is 0 Å². The SMILES string of the molecule is O=C(O)C([Se]c1ccccc1)c1ccccc1. The van der Waals surface area contributed by atoms with Crippen LogP contribution in [0.5, 0.6) is 0 Å². The minimum absolute atomic E-state index is 0.0888. The quantitative estimate of drug-likeness (QED) is 0.873. The van der Waals surface area contributed by atoms with E-state index in [4.69, 9.17) is 0 Å². The molecule has 2 rings (SSSR count). The van der Waals surface area contributed by atoms with E-state index in [2.05, 4.69) is 0 Å². The Balaban J connectivity index is 2.23. The van der Waals surface area contributed by atoms with Gasteiger partial charge in [0, 0.05) is 0 Å². The van der Waals surface area contributed by atoms with Gasteiger partial charge in [0.25, 0.3) is 0 Å². The van der Waals surface area contributed by atoms with E-state index >= 15 is 0 Å². The molecule has 0 heterocycles. The molecule has 0 aromatic heterocycles. The van der Waals surface area contributed by atoms with Crippen molar-refractivity contribution in [1.29, 1.82) is 0 Å². The van der Waals surface area contributed by atoms with Crippen molar-refractivity contribution in [3.05, 3.63) is 66.2 Å². The van der Waals surface area contributed by atoms with E-state index in [-0.39, 0.29) is 15.0 Å². The van der Waals surface area contributed by atoms with E-state index in [0.29, 0.717) is 0 Å². The molecule has 1 atom stereocenters. The summed E-state index contributed by atoms with van der Waals surface area (Å²) in [7, 11) is 0. The van der Waals surface area contributed by atoms with Crippen molar-refractivity contribution >= 4 is 25.4 Å². The summed E-state index contributed by atoms with van der Waals surface area (Å²) < 4.78 is 1.11. The van der Waals surface area contributed by atoms with Gasteiger partial charge in [0.05, 0.1) is 0 Å². The maximum absolute atomic E-state index is 11.3. The molecule has 0 radical (unpaired) electrons. The molecule has 0 spiro atoms. The Morgan fingerprint density at radius 3 is 2.00 bits per heavy atom. The van der Waals surface area contributed by atoms with Crippen molar-refractivity contribution in [2.24, 2.45) is 0 Å². The number of benzene rings is 2. The summed E-state index contributed by atoms with van der Waals surface area (Å²) in [6.45, 7) is 0. The van der Waals surface area contributed by atoms with Crippen LogP contribution in [0.3, 0.4) is 0 Å². The summed E-state index contributed by atoms with van der Waals surface area (Å²) >= 11 is -0.0888. The number of hydrogen-bond acceptors (Lipinski definition) is 1. The van der Waals surface area contributed by atoms with Gasteiger partial charge in [-0.05, 0) is 0 Å². The topological polar surface area (TPSA) is 37.3 Å². The first-order chi connectivity index (χ1) is 8.27. The molecule has 0 aliphatic rings. The van der Waals surface area contributed by atoms with Gasteiger partial charge >= 0.3 is 106 Å². The monoisotopic (exact) mass is 292 g/mol. The molecule has 0 saturated carbocycles. The molecule has 17 heavy (non-hydrogen) atoms. The van der Waals surface area contributed by atoms with Crippen LogP contribution < -0.4 is 4.46 Å². The zero-order valence-corrected chi connectivity index (χ0v) is 10.8. The average molecular weight is 291 g/mol. The van der Waals surface area contributed by atoms with Gasteiger partial charge in [0.2, 0.25) is 0 Å². The van der Waals surface area contributed by atoms with Gasteiger partial charge < -0.3 is 0 Å². The number of carboxylic acid groups (broad SMARTS) is 1. The first-order valence-corrected chi connectivity index (χ1v) is 7.11. The molecule has 0 aliphatic carbocycles. The van der Waals surface area contributed by atoms with Crippen molar-refractivity contribution in [3.8, 4) is 0 Å². The Morgan fingerprint density at radius 1 is 0.941 bits per heavy atom. The van der Waals surface area contributed by atoms with Gasteiger partial charge in [-0.1, -0.05) is 0 Å². The Kier molecular flexibility index (Phi) is 3.97. The summed E-state index contributed by atoms with van der Waals surface area (Å²) in [5.41, 5.74) is 0.879. The van der Waals surface area contributed by atoms with Crippen LogP contribution in [0, 0.1) is 0 Å². The van der Waals surface area contributed by atoms with Crippen LogP contribution in [0.1, 0.15) is 10.4 Å². The molecule has 3 heteroatoms. The fourth-order valence-electron chi connectivity index (χ4n) is 1.52. The molecule has 86 valence electrons. The van der Waals surface area contributed by atoms with Crippen molar-refractivity contribution in [2.75, 3.05) is 0 Å². The van der Waals surface area contributed by atoms with Gasteiger partial charge in [0.15, 0.2) is 0 Å². The van der Waals surface area contributed by atoms with E-state index in [0.717, 1.165) is 10.0 Å². The predicted molar refractivity (Wildman–Crippen MR) is 68.6 cm³/mol. The first-order valence-electron chi connectivity index (χ1n) is 5.27. The van der Waals surface area contributed by atoms with Gasteiger partial charge in [0.1, 0.15) is 0 Å². The van der Waals surface area contributed by atoms with Gasteiger partial charge in [-0.2, -0.15) is 0 Å². The average Bonchev–Trinajstić information content (AvgIpc) is 2.38. The van der Waals surface area contributed by atoms with Crippen LogP contribution in [-0.4, -0.2) is 26.0 Å². The molecule has 0 bridgehead atoms. The second-order valence-corrected chi connectivity index (χ2v) is 6.03. The molecule has 0 amide bonds. The molecule has 2 aromatic rings. The molecule has 1 unspecified atom stereocenters. The Bertz CT molecular complexity index is 482. The van der Waals surface area contributed by atoms with E-state index in [1.807, 2.05) is 60.7 Å². The number of hydrogen-bond donors (Lipinski definition) is 1. The molecular weight excluding hydrogens is 279 g/mol. The standard InChI is InChI=1S/C14H12O2Se/c15-14(16)13(11-7-3-1-4-8-11)17-12-9-5-2-6-10-12/h1-10,13H,(H,15,16). The molecular formula is C14H12O2Se. The number of rotatable bonds is 4. The Hall–Kier alpha value is -1.57. The van der Waals surface area contributed by atoms with Crippen molar-refractivity contribution in [2.45, 2.75) is 4.82 Å². The summed E-state index contributed by atoms with van der Waals surface area (Å²) in [5.74, 6) is -0.750. The maximum atomic E-state index is 11.3. The summed E-state index contributed by atoms with van der Waals surface area (Å²) in [5, 5.41) is 9.30. The summed E-state index contributed by atoms with van der Waals surface area (Å²) in [6.07, 6.45) is 0. The third-order valence-electron chi connectivity index (χ3n) is 2.32. The third kappa shape index (κ3) is 3.19. The molecule has 0 fully saturated rings. The van der Waals surface area contributed by atoms with E-state index in [1.165, 1.54) is 0 Å². The van der Waals surface area contributed by atoms with Gasteiger partial charge in [-0.15, -0.1) is 0 Å². The number of carbonyl (C=O) groups is 1. The third-order valence-corrected chi connectivity index (χ3v) is 4.95.